The molecule has 0 saturated carbocycles. The third kappa shape index (κ3) is 2.99. The Morgan fingerprint density at radius 3 is 2.28 bits per heavy atom. The Bertz CT molecular complexity index is 544. The van der Waals surface area contributed by atoms with Gasteiger partial charge in [-0.05, 0) is 36.4 Å². The fourth-order valence-corrected chi connectivity index (χ4v) is 2.89. The summed E-state index contributed by atoms with van der Waals surface area (Å²) in [5.41, 5.74) is 2.99. The lowest BCUT2D eigenvalue weighted by Gasteiger charge is -2.10. The number of hydrogen-bond acceptors (Lipinski definition) is 1. The molecule has 0 unspecified atom stereocenters. The van der Waals surface area contributed by atoms with Crippen molar-refractivity contribution in [2.45, 2.75) is 6.54 Å². The van der Waals surface area contributed by atoms with Crippen molar-refractivity contribution < 1.29 is 0 Å². The Hall–Kier alpha value is -0.730. The molecule has 2 aromatic rings. The van der Waals surface area contributed by atoms with Gasteiger partial charge in [0.05, 0.1) is 10.0 Å². The van der Waals surface area contributed by atoms with Gasteiger partial charge in [0.1, 0.15) is 0 Å². The molecule has 0 aliphatic heterocycles. The first kappa shape index (κ1) is 13.7. The van der Waals surface area contributed by atoms with E-state index in [-0.39, 0.29) is 0 Å². The van der Waals surface area contributed by atoms with E-state index in [0.29, 0.717) is 15.1 Å². The summed E-state index contributed by atoms with van der Waals surface area (Å²) >= 11 is 18.3. The van der Waals surface area contributed by atoms with Crippen LogP contribution in [0.25, 0.3) is 11.1 Å². The lowest BCUT2D eigenvalue weighted by Crippen LogP contribution is -2.04. The topological polar surface area (TPSA) is 12.0 Å². The zero-order valence-corrected chi connectivity index (χ0v) is 12.1. The van der Waals surface area contributed by atoms with Crippen LogP contribution in [0.4, 0.5) is 0 Å². The molecule has 18 heavy (non-hydrogen) atoms. The van der Waals surface area contributed by atoms with Crippen molar-refractivity contribution in [1.82, 2.24) is 5.32 Å². The summed E-state index contributed by atoms with van der Waals surface area (Å²) in [5.74, 6) is 0. The molecule has 94 valence electrons. The molecule has 0 heterocycles. The summed E-state index contributed by atoms with van der Waals surface area (Å²) in [7, 11) is 1.91. The van der Waals surface area contributed by atoms with Crippen molar-refractivity contribution in [3.8, 4) is 11.1 Å². The molecule has 0 aliphatic carbocycles. The maximum atomic E-state index is 6.21. The monoisotopic (exact) mass is 299 g/mol. The summed E-state index contributed by atoms with van der Waals surface area (Å²) in [5, 5.41) is 4.78. The van der Waals surface area contributed by atoms with Crippen LogP contribution in [0.15, 0.2) is 36.4 Å². The molecule has 0 amide bonds. The molecule has 0 spiro atoms. The molecular weight excluding hydrogens is 289 g/mol. The lowest BCUT2D eigenvalue weighted by atomic mass is 10.0. The second-order valence-corrected chi connectivity index (χ2v) is 5.23. The average Bonchev–Trinajstić information content (AvgIpc) is 2.28. The van der Waals surface area contributed by atoms with E-state index in [1.54, 1.807) is 12.1 Å². The van der Waals surface area contributed by atoms with Crippen LogP contribution >= 0.6 is 34.8 Å². The van der Waals surface area contributed by atoms with Gasteiger partial charge in [0.15, 0.2) is 0 Å². The zero-order valence-electron chi connectivity index (χ0n) is 9.81. The maximum Gasteiger partial charge on any atom is 0.0514 e. The minimum absolute atomic E-state index is 0.542. The van der Waals surface area contributed by atoms with Gasteiger partial charge in [-0.25, -0.2) is 0 Å². The molecule has 2 aromatic carbocycles. The first-order chi connectivity index (χ1) is 8.61. The highest BCUT2D eigenvalue weighted by molar-refractivity contribution is 6.41. The number of rotatable bonds is 3. The molecule has 0 aliphatic rings. The van der Waals surface area contributed by atoms with Crippen LogP contribution in [-0.4, -0.2) is 7.05 Å². The van der Waals surface area contributed by atoms with Crippen molar-refractivity contribution in [3.05, 3.63) is 57.0 Å². The van der Waals surface area contributed by atoms with Crippen molar-refractivity contribution in [2.24, 2.45) is 0 Å². The van der Waals surface area contributed by atoms with Crippen molar-refractivity contribution in [1.29, 1.82) is 0 Å². The number of nitrogens with one attached hydrogen (secondary N) is 1. The second-order valence-electron chi connectivity index (χ2n) is 3.98. The predicted octanol–water partition coefficient (Wildman–Crippen LogP) is 5.03. The summed E-state index contributed by atoms with van der Waals surface area (Å²) in [4.78, 5) is 0. The predicted molar refractivity (Wildman–Crippen MR) is 79.7 cm³/mol. The van der Waals surface area contributed by atoms with Crippen LogP contribution in [0.3, 0.4) is 0 Å². The molecule has 1 nitrogen and oxygen atoms in total. The van der Waals surface area contributed by atoms with Crippen LogP contribution in [0, 0.1) is 0 Å². The van der Waals surface area contributed by atoms with Crippen molar-refractivity contribution in [2.75, 3.05) is 7.05 Å². The average molecular weight is 301 g/mol. The van der Waals surface area contributed by atoms with E-state index in [2.05, 4.69) is 17.4 Å². The van der Waals surface area contributed by atoms with Gasteiger partial charge in [0.2, 0.25) is 0 Å². The van der Waals surface area contributed by atoms with E-state index in [4.69, 9.17) is 34.8 Å². The van der Waals surface area contributed by atoms with Gasteiger partial charge in [0.25, 0.3) is 0 Å². The van der Waals surface area contributed by atoms with Gasteiger partial charge in [0, 0.05) is 17.1 Å². The number of benzene rings is 2. The zero-order chi connectivity index (χ0) is 13.1. The summed E-state index contributed by atoms with van der Waals surface area (Å²) in [6.07, 6.45) is 0. The van der Waals surface area contributed by atoms with Crippen LogP contribution in [0.5, 0.6) is 0 Å². The molecular formula is C14H12Cl3N. The van der Waals surface area contributed by atoms with Crippen LogP contribution in [-0.2, 0) is 6.54 Å². The van der Waals surface area contributed by atoms with Crippen LogP contribution in [0.2, 0.25) is 15.1 Å². The van der Waals surface area contributed by atoms with Gasteiger partial charge >= 0.3 is 0 Å². The summed E-state index contributed by atoms with van der Waals surface area (Å²) < 4.78 is 0. The highest BCUT2D eigenvalue weighted by atomic mass is 35.5. The number of hydrogen-bond donors (Lipinski definition) is 1. The van der Waals surface area contributed by atoms with E-state index >= 15 is 0 Å². The van der Waals surface area contributed by atoms with Crippen molar-refractivity contribution in [3.63, 3.8) is 0 Å². The third-order valence-corrected chi connectivity index (χ3v) is 3.42. The molecule has 0 atom stereocenters. The molecule has 0 fully saturated rings. The smallest absolute Gasteiger partial charge is 0.0514 e. The van der Waals surface area contributed by atoms with Gasteiger partial charge in [-0.3, -0.25) is 0 Å². The Labute approximate surface area is 122 Å². The molecule has 1 N–H and O–H groups in total. The summed E-state index contributed by atoms with van der Waals surface area (Å²) in [6.45, 7) is 0.802. The fourth-order valence-electron chi connectivity index (χ4n) is 1.86. The summed E-state index contributed by atoms with van der Waals surface area (Å²) in [6, 6.07) is 11.5. The van der Waals surface area contributed by atoms with Crippen molar-refractivity contribution >= 4 is 34.8 Å². The highest BCUT2D eigenvalue weighted by Gasteiger charge is 2.10. The van der Waals surface area contributed by atoms with E-state index in [1.165, 1.54) is 5.56 Å². The van der Waals surface area contributed by atoms with E-state index in [9.17, 15) is 0 Å². The molecule has 0 radical (unpaired) electrons. The van der Waals surface area contributed by atoms with E-state index < -0.39 is 0 Å². The Kier molecular flexibility index (Phi) is 4.52. The highest BCUT2D eigenvalue weighted by Crippen LogP contribution is 2.37. The molecule has 2 rings (SSSR count). The Morgan fingerprint density at radius 2 is 1.67 bits per heavy atom. The quantitative estimate of drug-likeness (QED) is 0.838. The molecule has 0 aromatic heterocycles. The third-order valence-electron chi connectivity index (χ3n) is 2.60. The number of halogens is 3. The van der Waals surface area contributed by atoms with Gasteiger partial charge in [-0.15, -0.1) is 0 Å². The second kappa shape index (κ2) is 5.94. The van der Waals surface area contributed by atoms with Gasteiger partial charge < -0.3 is 5.32 Å². The molecule has 4 heteroatoms. The van der Waals surface area contributed by atoms with Crippen LogP contribution in [0.1, 0.15) is 5.56 Å². The van der Waals surface area contributed by atoms with E-state index in [0.717, 1.165) is 17.7 Å². The minimum atomic E-state index is 0.542. The Morgan fingerprint density at radius 1 is 1.00 bits per heavy atom. The van der Waals surface area contributed by atoms with Gasteiger partial charge in [-0.2, -0.15) is 0 Å². The molecule has 0 saturated heterocycles. The van der Waals surface area contributed by atoms with E-state index in [1.807, 2.05) is 19.2 Å². The molecule has 0 bridgehead atoms. The lowest BCUT2D eigenvalue weighted by molar-refractivity contribution is 0.818. The Balaban J connectivity index is 2.51. The SMILES string of the molecule is CNCc1cccc(-c2c(Cl)cc(Cl)cc2Cl)c1. The van der Waals surface area contributed by atoms with Crippen LogP contribution < -0.4 is 5.32 Å². The maximum absolute atomic E-state index is 6.21. The van der Waals surface area contributed by atoms with Gasteiger partial charge in [-0.1, -0.05) is 53.0 Å². The minimum Gasteiger partial charge on any atom is -0.316 e. The standard InChI is InChI=1S/C14H12Cl3N/c1-18-8-9-3-2-4-10(5-9)14-12(16)6-11(15)7-13(14)17/h2-7,18H,8H2,1H3. The first-order valence-electron chi connectivity index (χ1n) is 5.50. The normalized spacial score (nSPS) is 10.7. The largest absolute Gasteiger partial charge is 0.316 e. The first-order valence-corrected chi connectivity index (χ1v) is 6.63. The fraction of sp³-hybridized carbons (Fsp3) is 0.143.